The predicted molar refractivity (Wildman–Crippen MR) is 85.3 cm³/mol. The molecule has 6 heteroatoms. The molecule has 1 fully saturated rings. The Balaban J connectivity index is 1.86. The van der Waals surface area contributed by atoms with Crippen LogP contribution in [0.2, 0.25) is 0 Å². The second kappa shape index (κ2) is 5.06. The van der Waals surface area contributed by atoms with Gasteiger partial charge >= 0.3 is 0 Å². The number of nitrogens with zero attached hydrogens (tertiary/aromatic N) is 2. The normalized spacial score (nSPS) is 14.2. The van der Waals surface area contributed by atoms with E-state index in [9.17, 15) is 9.59 Å². The third-order valence-corrected chi connectivity index (χ3v) is 4.51. The van der Waals surface area contributed by atoms with Crippen LogP contribution in [0.4, 0.5) is 0 Å². The van der Waals surface area contributed by atoms with Crippen molar-refractivity contribution in [1.29, 1.82) is 0 Å². The van der Waals surface area contributed by atoms with Crippen molar-refractivity contribution in [3.05, 3.63) is 57.8 Å². The SMILES string of the molecule is O=C(NC1CC1)c1cnc2scc(-c3ccccc3)n2c1=O. The topological polar surface area (TPSA) is 63.5 Å². The van der Waals surface area contributed by atoms with E-state index < -0.39 is 0 Å². The molecule has 1 saturated carbocycles. The Morgan fingerprint density at radius 3 is 2.77 bits per heavy atom. The fourth-order valence-electron chi connectivity index (χ4n) is 2.35. The van der Waals surface area contributed by atoms with Crippen LogP contribution in [0.5, 0.6) is 0 Å². The van der Waals surface area contributed by atoms with Crippen molar-refractivity contribution in [3.63, 3.8) is 0 Å². The quantitative estimate of drug-likeness (QED) is 0.807. The van der Waals surface area contributed by atoms with E-state index >= 15 is 0 Å². The van der Waals surface area contributed by atoms with E-state index in [1.54, 1.807) is 0 Å². The summed E-state index contributed by atoms with van der Waals surface area (Å²) in [7, 11) is 0. The molecule has 110 valence electrons. The number of hydrogen-bond acceptors (Lipinski definition) is 4. The molecule has 1 aromatic carbocycles. The summed E-state index contributed by atoms with van der Waals surface area (Å²) in [5.41, 5.74) is 1.47. The van der Waals surface area contributed by atoms with E-state index in [0.29, 0.717) is 4.96 Å². The van der Waals surface area contributed by atoms with E-state index in [4.69, 9.17) is 0 Å². The predicted octanol–water partition coefficient (Wildman–Crippen LogP) is 2.32. The molecule has 0 saturated heterocycles. The molecular formula is C16H13N3O2S. The number of fused-ring (bicyclic) bond motifs is 1. The zero-order chi connectivity index (χ0) is 15.1. The second-order valence-electron chi connectivity index (χ2n) is 5.33. The highest BCUT2D eigenvalue weighted by Gasteiger charge is 2.25. The summed E-state index contributed by atoms with van der Waals surface area (Å²) in [4.78, 5) is 29.7. The van der Waals surface area contributed by atoms with Crippen molar-refractivity contribution in [3.8, 4) is 11.3 Å². The molecule has 1 aliphatic carbocycles. The first-order valence-electron chi connectivity index (χ1n) is 7.09. The smallest absolute Gasteiger partial charge is 0.271 e. The molecular weight excluding hydrogens is 298 g/mol. The lowest BCUT2D eigenvalue weighted by Crippen LogP contribution is -2.32. The number of carbonyl (C=O) groups is 1. The fourth-order valence-corrected chi connectivity index (χ4v) is 3.21. The van der Waals surface area contributed by atoms with Gasteiger partial charge in [0.2, 0.25) is 0 Å². The lowest BCUT2D eigenvalue weighted by molar-refractivity contribution is 0.0949. The molecule has 1 aliphatic rings. The fraction of sp³-hybridized carbons (Fsp3) is 0.188. The van der Waals surface area contributed by atoms with Crippen LogP contribution >= 0.6 is 11.3 Å². The highest BCUT2D eigenvalue weighted by molar-refractivity contribution is 7.15. The number of thiazole rings is 1. The zero-order valence-corrected chi connectivity index (χ0v) is 12.5. The van der Waals surface area contributed by atoms with Gasteiger partial charge in [0.1, 0.15) is 5.56 Å². The van der Waals surface area contributed by atoms with Gasteiger partial charge < -0.3 is 5.32 Å². The van der Waals surface area contributed by atoms with E-state index in [-0.39, 0.29) is 23.1 Å². The minimum atomic E-state index is -0.334. The van der Waals surface area contributed by atoms with Crippen LogP contribution in [-0.4, -0.2) is 21.3 Å². The van der Waals surface area contributed by atoms with Crippen LogP contribution in [0.15, 0.2) is 46.7 Å². The summed E-state index contributed by atoms with van der Waals surface area (Å²) in [6, 6.07) is 9.84. The van der Waals surface area contributed by atoms with Gasteiger partial charge in [-0.1, -0.05) is 30.3 Å². The maximum Gasteiger partial charge on any atom is 0.271 e. The maximum atomic E-state index is 12.7. The number of aromatic nitrogens is 2. The number of amides is 1. The van der Waals surface area contributed by atoms with Gasteiger partial charge in [-0.25, -0.2) is 4.98 Å². The van der Waals surface area contributed by atoms with E-state index in [2.05, 4.69) is 10.3 Å². The van der Waals surface area contributed by atoms with Gasteiger partial charge in [-0.15, -0.1) is 11.3 Å². The first-order valence-corrected chi connectivity index (χ1v) is 7.97. The molecule has 2 heterocycles. The molecule has 5 nitrogen and oxygen atoms in total. The van der Waals surface area contributed by atoms with Crippen LogP contribution < -0.4 is 10.9 Å². The Labute approximate surface area is 130 Å². The Morgan fingerprint density at radius 1 is 1.27 bits per heavy atom. The van der Waals surface area contributed by atoms with Crippen LogP contribution in [0.1, 0.15) is 23.2 Å². The number of hydrogen-bond donors (Lipinski definition) is 1. The summed E-state index contributed by atoms with van der Waals surface area (Å²) in [6.45, 7) is 0. The molecule has 1 amide bonds. The molecule has 0 unspecified atom stereocenters. The van der Waals surface area contributed by atoms with Gasteiger partial charge in [0.05, 0.1) is 5.69 Å². The highest BCUT2D eigenvalue weighted by Crippen LogP contribution is 2.24. The second-order valence-corrected chi connectivity index (χ2v) is 6.17. The third-order valence-electron chi connectivity index (χ3n) is 3.67. The Bertz CT molecular complexity index is 910. The number of rotatable bonds is 3. The maximum absolute atomic E-state index is 12.7. The van der Waals surface area contributed by atoms with E-state index in [1.807, 2.05) is 35.7 Å². The van der Waals surface area contributed by atoms with Crippen LogP contribution in [0, 0.1) is 0 Å². The Morgan fingerprint density at radius 2 is 2.05 bits per heavy atom. The van der Waals surface area contributed by atoms with Crippen molar-refractivity contribution < 1.29 is 4.79 Å². The van der Waals surface area contributed by atoms with Gasteiger partial charge in [-0.2, -0.15) is 0 Å². The van der Waals surface area contributed by atoms with Crippen LogP contribution in [0.25, 0.3) is 16.2 Å². The summed E-state index contributed by atoms with van der Waals surface area (Å²) < 4.78 is 1.52. The standard InChI is InChI=1S/C16H13N3O2S/c20-14(18-11-6-7-11)12-8-17-16-19(15(12)21)13(9-22-16)10-4-2-1-3-5-10/h1-5,8-9,11H,6-7H2,(H,18,20). The molecule has 4 rings (SSSR count). The van der Waals surface area contributed by atoms with Gasteiger partial charge in [0.25, 0.3) is 11.5 Å². The number of nitrogens with one attached hydrogen (secondary N) is 1. The molecule has 1 N–H and O–H groups in total. The molecule has 22 heavy (non-hydrogen) atoms. The van der Waals surface area contributed by atoms with Gasteiger partial charge in [0.15, 0.2) is 4.96 Å². The first kappa shape index (κ1) is 13.2. The highest BCUT2D eigenvalue weighted by atomic mass is 32.1. The largest absolute Gasteiger partial charge is 0.349 e. The molecule has 0 spiro atoms. The van der Waals surface area contributed by atoms with Crippen molar-refractivity contribution in [2.24, 2.45) is 0 Å². The third kappa shape index (κ3) is 2.21. The molecule has 0 atom stereocenters. The monoisotopic (exact) mass is 311 g/mol. The van der Waals surface area contributed by atoms with Crippen molar-refractivity contribution >= 4 is 22.2 Å². The summed E-state index contributed by atoms with van der Waals surface area (Å²) in [5.74, 6) is -0.334. The summed E-state index contributed by atoms with van der Waals surface area (Å²) in [6.07, 6.45) is 3.34. The van der Waals surface area contributed by atoms with Gasteiger partial charge in [0, 0.05) is 17.6 Å². The summed E-state index contributed by atoms with van der Waals surface area (Å²) in [5, 5.41) is 4.73. The minimum absolute atomic E-state index is 0.0972. The molecule has 3 aromatic rings. The zero-order valence-electron chi connectivity index (χ0n) is 11.7. The van der Waals surface area contributed by atoms with Gasteiger partial charge in [-0.3, -0.25) is 14.0 Å². The Kier molecular flexibility index (Phi) is 3.04. The molecule has 0 radical (unpaired) electrons. The molecule has 2 aromatic heterocycles. The van der Waals surface area contributed by atoms with Crippen molar-refractivity contribution in [2.45, 2.75) is 18.9 Å². The van der Waals surface area contributed by atoms with Gasteiger partial charge in [-0.05, 0) is 18.4 Å². The lowest BCUT2D eigenvalue weighted by atomic mass is 10.2. The van der Waals surface area contributed by atoms with E-state index in [0.717, 1.165) is 24.1 Å². The minimum Gasteiger partial charge on any atom is -0.349 e. The number of carbonyl (C=O) groups excluding carboxylic acids is 1. The number of benzene rings is 1. The Hall–Kier alpha value is -2.47. The lowest BCUT2D eigenvalue weighted by Gasteiger charge is -2.05. The average molecular weight is 311 g/mol. The van der Waals surface area contributed by atoms with E-state index in [1.165, 1.54) is 21.9 Å². The molecule has 0 bridgehead atoms. The van der Waals surface area contributed by atoms with Crippen molar-refractivity contribution in [2.75, 3.05) is 0 Å². The van der Waals surface area contributed by atoms with Crippen LogP contribution in [0.3, 0.4) is 0 Å². The molecule has 0 aliphatic heterocycles. The first-order chi connectivity index (χ1) is 10.7. The van der Waals surface area contributed by atoms with Crippen LogP contribution in [-0.2, 0) is 0 Å². The summed E-state index contributed by atoms with van der Waals surface area (Å²) >= 11 is 1.39. The van der Waals surface area contributed by atoms with Crippen molar-refractivity contribution in [1.82, 2.24) is 14.7 Å². The average Bonchev–Trinajstić information content (AvgIpc) is 3.24.